The summed E-state index contributed by atoms with van der Waals surface area (Å²) in [5, 5.41) is 0. The van der Waals surface area contributed by atoms with Crippen LogP contribution in [-0.2, 0) is 19.6 Å². The fourth-order valence-corrected chi connectivity index (χ4v) is 4.30. The van der Waals surface area contributed by atoms with E-state index in [-0.39, 0.29) is 23.6 Å². The fourth-order valence-electron chi connectivity index (χ4n) is 3.21. The van der Waals surface area contributed by atoms with Crippen LogP contribution in [0.5, 0.6) is 0 Å². The number of hydrogen-bond donors (Lipinski definition) is 0. The number of nitrogens with zero attached hydrogens (tertiary/aromatic N) is 4. The van der Waals surface area contributed by atoms with E-state index in [2.05, 4.69) is 0 Å². The molecule has 0 N–H and O–H groups in total. The zero-order valence-electron chi connectivity index (χ0n) is 14.8. The van der Waals surface area contributed by atoms with Gasteiger partial charge in [-0.15, -0.1) is 0 Å². The van der Waals surface area contributed by atoms with Crippen molar-refractivity contribution in [3.63, 3.8) is 0 Å². The van der Waals surface area contributed by atoms with Gasteiger partial charge in [0.15, 0.2) is 0 Å². The summed E-state index contributed by atoms with van der Waals surface area (Å²) in [5.41, 5.74) is 0. The van der Waals surface area contributed by atoms with Crippen molar-refractivity contribution in [1.29, 1.82) is 0 Å². The highest BCUT2D eigenvalue weighted by Gasteiger charge is 2.32. The molecule has 0 spiro atoms. The molecular formula is C15H28N4O4S. The van der Waals surface area contributed by atoms with Crippen molar-refractivity contribution < 1.29 is 18.0 Å². The molecule has 0 aromatic carbocycles. The largest absolute Gasteiger partial charge is 0.339 e. The lowest BCUT2D eigenvalue weighted by Gasteiger charge is -2.40. The van der Waals surface area contributed by atoms with Crippen LogP contribution >= 0.6 is 0 Å². The highest BCUT2D eigenvalue weighted by Crippen LogP contribution is 2.13. The van der Waals surface area contributed by atoms with Crippen LogP contribution in [0.3, 0.4) is 0 Å². The Labute approximate surface area is 144 Å². The van der Waals surface area contributed by atoms with E-state index in [0.29, 0.717) is 52.4 Å². The molecule has 2 saturated heterocycles. The maximum Gasteiger partial charge on any atom is 0.239 e. The van der Waals surface area contributed by atoms with E-state index in [4.69, 9.17) is 0 Å². The molecule has 2 fully saturated rings. The summed E-state index contributed by atoms with van der Waals surface area (Å²) in [4.78, 5) is 29.6. The summed E-state index contributed by atoms with van der Waals surface area (Å²) in [7, 11) is -3.15. The van der Waals surface area contributed by atoms with Crippen molar-refractivity contribution in [3.05, 3.63) is 0 Å². The molecule has 9 heteroatoms. The van der Waals surface area contributed by atoms with Crippen LogP contribution in [0.4, 0.5) is 0 Å². The number of rotatable bonds is 4. The molecule has 1 atom stereocenters. The Morgan fingerprint density at radius 3 is 1.88 bits per heavy atom. The van der Waals surface area contributed by atoms with Gasteiger partial charge < -0.3 is 9.80 Å². The maximum atomic E-state index is 12.7. The number of piperazine rings is 2. The molecule has 0 bridgehead atoms. The standard InChI is InChI=1S/C15H28N4O4S/c1-4-24(22,23)19-11-9-16(10-12-19)13(2)15(21)18-7-5-17(6-8-18)14(3)20/h13H,4-12H2,1-3H3. The van der Waals surface area contributed by atoms with Crippen LogP contribution in [0.2, 0.25) is 0 Å². The first-order valence-electron chi connectivity index (χ1n) is 8.52. The lowest BCUT2D eigenvalue weighted by Crippen LogP contribution is -2.58. The van der Waals surface area contributed by atoms with Crippen molar-refractivity contribution in [2.75, 3.05) is 58.1 Å². The molecule has 0 saturated carbocycles. The maximum absolute atomic E-state index is 12.7. The smallest absolute Gasteiger partial charge is 0.239 e. The van der Waals surface area contributed by atoms with E-state index in [1.165, 1.54) is 4.31 Å². The average molecular weight is 360 g/mol. The number of carbonyl (C=O) groups is 2. The van der Waals surface area contributed by atoms with Crippen LogP contribution in [0.25, 0.3) is 0 Å². The first-order valence-corrected chi connectivity index (χ1v) is 10.1. The van der Waals surface area contributed by atoms with Crippen molar-refractivity contribution in [3.8, 4) is 0 Å². The van der Waals surface area contributed by atoms with E-state index in [9.17, 15) is 18.0 Å². The molecule has 24 heavy (non-hydrogen) atoms. The van der Waals surface area contributed by atoms with Crippen molar-refractivity contribution in [2.24, 2.45) is 0 Å². The van der Waals surface area contributed by atoms with Gasteiger partial charge in [0.05, 0.1) is 11.8 Å². The molecule has 8 nitrogen and oxygen atoms in total. The zero-order valence-corrected chi connectivity index (χ0v) is 15.6. The second kappa shape index (κ2) is 7.79. The summed E-state index contributed by atoms with van der Waals surface area (Å²) >= 11 is 0. The molecule has 0 aromatic heterocycles. The Kier molecular flexibility index (Phi) is 6.22. The Bertz CT molecular complexity index is 564. The van der Waals surface area contributed by atoms with E-state index in [1.807, 2.05) is 11.8 Å². The van der Waals surface area contributed by atoms with Crippen LogP contribution in [0, 0.1) is 0 Å². The third-order valence-electron chi connectivity index (χ3n) is 4.97. The van der Waals surface area contributed by atoms with Gasteiger partial charge in [0.2, 0.25) is 21.8 Å². The number of hydrogen-bond acceptors (Lipinski definition) is 5. The van der Waals surface area contributed by atoms with Crippen LogP contribution in [-0.4, -0.2) is 103 Å². The predicted molar refractivity (Wildman–Crippen MR) is 90.9 cm³/mol. The van der Waals surface area contributed by atoms with Gasteiger partial charge >= 0.3 is 0 Å². The van der Waals surface area contributed by atoms with Gasteiger partial charge in [-0.2, -0.15) is 4.31 Å². The van der Waals surface area contributed by atoms with Gasteiger partial charge in [0, 0.05) is 59.3 Å². The first kappa shape index (κ1) is 19.1. The first-order chi connectivity index (χ1) is 11.3. The molecule has 2 amide bonds. The lowest BCUT2D eigenvalue weighted by atomic mass is 10.2. The van der Waals surface area contributed by atoms with Gasteiger partial charge in [0.1, 0.15) is 0 Å². The molecule has 0 aliphatic carbocycles. The minimum atomic E-state index is -3.15. The van der Waals surface area contributed by atoms with Crippen LogP contribution in [0.1, 0.15) is 20.8 Å². The van der Waals surface area contributed by atoms with Gasteiger partial charge in [0.25, 0.3) is 0 Å². The van der Waals surface area contributed by atoms with Crippen LogP contribution in [0.15, 0.2) is 0 Å². The Hall–Kier alpha value is -1.19. The van der Waals surface area contributed by atoms with Crippen molar-refractivity contribution in [1.82, 2.24) is 19.0 Å². The highest BCUT2D eigenvalue weighted by molar-refractivity contribution is 7.89. The third-order valence-corrected chi connectivity index (χ3v) is 6.85. The second-order valence-corrected chi connectivity index (χ2v) is 8.60. The predicted octanol–water partition coefficient (Wildman–Crippen LogP) is -0.967. The van der Waals surface area contributed by atoms with Crippen molar-refractivity contribution >= 4 is 21.8 Å². The molecule has 138 valence electrons. The SMILES string of the molecule is CCS(=O)(=O)N1CCN(C(C)C(=O)N2CCN(C(C)=O)CC2)CC1. The topological polar surface area (TPSA) is 81.2 Å². The molecule has 2 heterocycles. The summed E-state index contributed by atoms with van der Waals surface area (Å²) in [6.07, 6.45) is 0. The second-order valence-electron chi connectivity index (χ2n) is 6.34. The summed E-state index contributed by atoms with van der Waals surface area (Å²) in [5.74, 6) is 0.218. The van der Waals surface area contributed by atoms with E-state index in [0.717, 1.165) is 0 Å². The third kappa shape index (κ3) is 4.25. The van der Waals surface area contributed by atoms with Gasteiger partial charge in [-0.25, -0.2) is 8.42 Å². The molecule has 2 aliphatic heterocycles. The number of carbonyl (C=O) groups excluding carboxylic acids is 2. The summed E-state index contributed by atoms with van der Waals surface area (Å²) in [6.45, 7) is 9.37. The average Bonchev–Trinajstić information content (AvgIpc) is 2.60. The Balaban J connectivity index is 1.86. The van der Waals surface area contributed by atoms with Crippen molar-refractivity contribution in [2.45, 2.75) is 26.8 Å². The molecule has 0 aromatic rings. The zero-order chi connectivity index (χ0) is 17.9. The summed E-state index contributed by atoms with van der Waals surface area (Å²) in [6, 6.07) is -0.264. The molecule has 2 aliphatic rings. The molecule has 0 radical (unpaired) electrons. The number of sulfonamides is 1. The van der Waals surface area contributed by atoms with Gasteiger partial charge in [-0.3, -0.25) is 14.5 Å². The minimum Gasteiger partial charge on any atom is -0.339 e. The monoisotopic (exact) mass is 360 g/mol. The van der Waals surface area contributed by atoms with E-state index < -0.39 is 10.0 Å². The highest BCUT2D eigenvalue weighted by atomic mass is 32.2. The lowest BCUT2D eigenvalue weighted by molar-refractivity contribution is -0.142. The molecular weight excluding hydrogens is 332 g/mol. The minimum absolute atomic E-state index is 0.0448. The normalized spacial score (nSPS) is 22.5. The Morgan fingerprint density at radius 1 is 0.917 bits per heavy atom. The fraction of sp³-hybridized carbons (Fsp3) is 0.867. The van der Waals surface area contributed by atoms with Gasteiger partial charge in [-0.1, -0.05) is 0 Å². The summed E-state index contributed by atoms with van der Waals surface area (Å²) < 4.78 is 25.3. The number of amides is 2. The molecule has 1 unspecified atom stereocenters. The Morgan fingerprint density at radius 2 is 1.42 bits per heavy atom. The van der Waals surface area contributed by atoms with Crippen LogP contribution < -0.4 is 0 Å². The molecule has 2 rings (SSSR count). The van der Waals surface area contributed by atoms with Gasteiger partial charge in [-0.05, 0) is 13.8 Å². The van der Waals surface area contributed by atoms with E-state index in [1.54, 1.807) is 23.6 Å². The quantitative estimate of drug-likeness (QED) is 0.645. The van der Waals surface area contributed by atoms with E-state index >= 15 is 0 Å².